The highest BCUT2D eigenvalue weighted by Gasteiger charge is 2.18. The molecule has 0 unspecified atom stereocenters. The first-order valence-electron chi connectivity index (χ1n) is 6.42. The first kappa shape index (κ1) is 16.3. The maximum absolute atomic E-state index is 12.0. The number of anilines is 1. The Morgan fingerprint density at radius 3 is 2.57 bits per heavy atom. The highest BCUT2D eigenvalue weighted by molar-refractivity contribution is 6.00. The number of aromatic nitrogens is 1. The lowest BCUT2D eigenvalue weighted by molar-refractivity contribution is -0.385. The summed E-state index contributed by atoms with van der Waals surface area (Å²) in [5.41, 5.74) is -0.268. The molecule has 1 aromatic rings. The number of nitro groups is 1. The van der Waals surface area contributed by atoms with Crippen LogP contribution in [0.25, 0.3) is 0 Å². The Morgan fingerprint density at radius 2 is 2.00 bits per heavy atom. The predicted octanol–water partition coefficient (Wildman–Crippen LogP) is 0.287. The summed E-state index contributed by atoms with van der Waals surface area (Å²) in [5.74, 6) is -0.709. The molecule has 0 aliphatic heterocycles. The number of carbonyl (C=O) groups excluding carboxylic acids is 2. The molecule has 0 fully saturated rings. The molecule has 0 bridgehead atoms. The average Bonchev–Trinajstić information content (AvgIpc) is 2.45. The van der Waals surface area contributed by atoms with Gasteiger partial charge in [-0.15, -0.1) is 0 Å². The van der Waals surface area contributed by atoms with Crippen LogP contribution in [0.5, 0.6) is 0 Å². The number of pyridine rings is 1. The second-order valence-corrected chi connectivity index (χ2v) is 4.01. The molecule has 0 saturated carbocycles. The Kier molecular flexibility index (Phi) is 6.05. The zero-order valence-electron chi connectivity index (χ0n) is 11.8. The van der Waals surface area contributed by atoms with Crippen molar-refractivity contribution in [3.63, 3.8) is 0 Å². The fourth-order valence-corrected chi connectivity index (χ4v) is 1.55. The molecule has 0 atom stereocenters. The number of nitrogens with zero attached hydrogens (tertiary/aromatic N) is 2. The van der Waals surface area contributed by atoms with Crippen molar-refractivity contribution < 1.29 is 14.5 Å². The molecule has 21 heavy (non-hydrogen) atoms. The van der Waals surface area contributed by atoms with Gasteiger partial charge in [0.05, 0.1) is 17.0 Å². The van der Waals surface area contributed by atoms with Crippen LogP contribution < -0.4 is 16.0 Å². The first-order valence-corrected chi connectivity index (χ1v) is 6.42. The number of likely N-dealkylation sites (N-methyl/N-ethyl adjacent to an activating group) is 1. The van der Waals surface area contributed by atoms with Gasteiger partial charge in [0.1, 0.15) is 12.0 Å². The standard InChI is InChI=1S/C12H17N5O4/c1-3-13-10(18)7-16-12(19)9-5-8(17(20)21)6-15-11(9)14-4-2/h5-6H,3-4,7H2,1-2H3,(H,13,18)(H,14,15)(H,16,19). The summed E-state index contributed by atoms with van der Waals surface area (Å²) in [5, 5.41) is 18.5. The van der Waals surface area contributed by atoms with E-state index in [1.165, 1.54) is 0 Å². The van der Waals surface area contributed by atoms with E-state index in [1.807, 2.05) is 0 Å². The van der Waals surface area contributed by atoms with E-state index in [1.54, 1.807) is 13.8 Å². The van der Waals surface area contributed by atoms with Crippen LogP contribution in [0, 0.1) is 10.1 Å². The van der Waals surface area contributed by atoms with Crippen molar-refractivity contribution in [1.29, 1.82) is 0 Å². The van der Waals surface area contributed by atoms with E-state index in [-0.39, 0.29) is 29.5 Å². The summed E-state index contributed by atoms with van der Waals surface area (Å²) in [6, 6.07) is 1.12. The second kappa shape index (κ2) is 7.78. The minimum absolute atomic E-state index is 0.0235. The Hall–Kier alpha value is -2.71. The van der Waals surface area contributed by atoms with Gasteiger partial charge in [0.2, 0.25) is 5.91 Å². The molecular weight excluding hydrogens is 278 g/mol. The van der Waals surface area contributed by atoms with E-state index < -0.39 is 10.8 Å². The number of nitrogens with one attached hydrogen (secondary N) is 3. The van der Waals surface area contributed by atoms with Crippen molar-refractivity contribution in [2.24, 2.45) is 0 Å². The van der Waals surface area contributed by atoms with Crippen LogP contribution in [-0.2, 0) is 4.79 Å². The van der Waals surface area contributed by atoms with Crippen LogP contribution in [-0.4, -0.2) is 41.4 Å². The Morgan fingerprint density at radius 1 is 1.29 bits per heavy atom. The van der Waals surface area contributed by atoms with Gasteiger partial charge in [0.25, 0.3) is 11.6 Å². The molecule has 1 aromatic heterocycles. The van der Waals surface area contributed by atoms with Crippen LogP contribution in [0.15, 0.2) is 12.3 Å². The van der Waals surface area contributed by atoms with Gasteiger partial charge in [0.15, 0.2) is 0 Å². The Labute approximate surface area is 121 Å². The maximum atomic E-state index is 12.0. The molecular formula is C12H17N5O4. The molecule has 9 nitrogen and oxygen atoms in total. The van der Waals surface area contributed by atoms with Gasteiger partial charge in [-0.2, -0.15) is 0 Å². The van der Waals surface area contributed by atoms with E-state index in [0.29, 0.717) is 13.1 Å². The fourth-order valence-electron chi connectivity index (χ4n) is 1.55. The topological polar surface area (TPSA) is 126 Å². The summed E-state index contributed by atoms with van der Waals surface area (Å²) >= 11 is 0. The highest BCUT2D eigenvalue weighted by atomic mass is 16.6. The molecule has 0 radical (unpaired) electrons. The van der Waals surface area contributed by atoms with Crippen molar-refractivity contribution in [3.05, 3.63) is 27.9 Å². The first-order chi connectivity index (χ1) is 9.99. The molecule has 9 heteroatoms. The monoisotopic (exact) mass is 295 g/mol. The summed E-state index contributed by atoms with van der Waals surface area (Å²) in [4.78, 5) is 37.3. The van der Waals surface area contributed by atoms with Crippen LogP contribution in [0.1, 0.15) is 24.2 Å². The molecule has 0 spiro atoms. The van der Waals surface area contributed by atoms with Gasteiger partial charge < -0.3 is 16.0 Å². The Balaban J connectivity index is 2.91. The number of carbonyl (C=O) groups is 2. The van der Waals surface area contributed by atoms with E-state index in [0.717, 1.165) is 12.3 Å². The second-order valence-electron chi connectivity index (χ2n) is 4.01. The normalized spacial score (nSPS) is 9.81. The molecule has 2 amide bonds. The highest BCUT2D eigenvalue weighted by Crippen LogP contribution is 2.18. The lowest BCUT2D eigenvalue weighted by Crippen LogP contribution is -2.37. The fraction of sp³-hybridized carbons (Fsp3) is 0.417. The zero-order valence-corrected chi connectivity index (χ0v) is 11.8. The summed E-state index contributed by atoms with van der Waals surface area (Å²) in [6.07, 6.45) is 1.07. The van der Waals surface area contributed by atoms with E-state index >= 15 is 0 Å². The lowest BCUT2D eigenvalue weighted by atomic mass is 10.2. The third-order valence-corrected chi connectivity index (χ3v) is 2.46. The molecule has 0 aliphatic rings. The molecule has 1 rings (SSSR count). The van der Waals surface area contributed by atoms with Crippen molar-refractivity contribution >= 4 is 23.3 Å². The SMILES string of the molecule is CCNC(=O)CNC(=O)c1cc([N+](=O)[O-])cnc1NCC. The Bertz CT molecular complexity index is 546. The van der Waals surface area contributed by atoms with Crippen LogP contribution in [0.3, 0.4) is 0 Å². The van der Waals surface area contributed by atoms with Gasteiger partial charge in [-0.05, 0) is 13.8 Å². The summed E-state index contributed by atoms with van der Waals surface area (Å²) in [6.45, 7) is 4.31. The van der Waals surface area contributed by atoms with Crippen LogP contribution in [0.4, 0.5) is 11.5 Å². The largest absolute Gasteiger partial charge is 0.370 e. The molecule has 1 heterocycles. The quantitative estimate of drug-likeness (QED) is 0.490. The van der Waals surface area contributed by atoms with E-state index in [4.69, 9.17) is 0 Å². The van der Waals surface area contributed by atoms with Crippen LogP contribution in [0.2, 0.25) is 0 Å². The minimum Gasteiger partial charge on any atom is -0.370 e. The molecule has 0 aromatic carbocycles. The maximum Gasteiger partial charge on any atom is 0.288 e. The van der Waals surface area contributed by atoms with Crippen molar-refractivity contribution in [2.75, 3.05) is 25.0 Å². The summed E-state index contributed by atoms with van der Waals surface area (Å²) < 4.78 is 0. The molecule has 3 N–H and O–H groups in total. The summed E-state index contributed by atoms with van der Waals surface area (Å²) in [7, 11) is 0. The molecule has 114 valence electrons. The van der Waals surface area contributed by atoms with Crippen molar-refractivity contribution in [1.82, 2.24) is 15.6 Å². The number of rotatable bonds is 7. The van der Waals surface area contributed by atoms with Gasteiger partial charge in [-0.25, -0.2) is 4.98 Å². The minimum atomic E-state index is -0.636. The third kappa shape index (κ3) is 4.71. The molecule has 0 saturated heterocycles. The van der Waals surface area contributed by atoms with Gasteiger partial charge in [-0.3, -0.25) is 19.7 Å². The average molecular weight is 295 g/mol. The van der Waals surface area contributed by atoms with Crippen molar-refractivity contribution in [3.8, 4) is 0 Å². The zero-order chi connectivity index (χ0) is 15.8. The van der Waals surface area contributed by atoms with Crippen LogP contribution >= 0.6 is 0 Å². The lowest BCUT2D eigenvalue weighted by Gasteiger charge is -2.10. The smallest absolute Gasteiger partial charge is 0.288 e. The number of amides is 2. The van der Waals surface area contributed by atoms with Gasteiger partial charge >= 0.3 is 0 Å². The predicted molar refractivity (Wildman–Crippen MR) is 76.1 cm³/mol. The third-order valence-electron chi connectivity index (χ3n) is 2.46. The number of hydrogen-bond donors (Lipinski definition) is 3. The molecule has 0 aliphatic carbocycles. The van der Waals surface area contributed by atoms with E-state index in [2.05, 4.69) is 20.9 Å². The van der Waals surface area contributed by atoms with Gasteiger partial charge in [-0.1, -0.05) is 0 Å². The number of hydrogen-bond acceptors (Lipinski definition) is 6. The van der Waals surface area contributed by atoms with Crippen molar-refractivity contribution in [2.45, 2.75) is 13.8 Å². The van der Waals surface area contributed by atoms with E-state index in [9.17, 15) is 19.7 Å². The van der Waals surface area contributed by atoms with Gasteiger partial charge in [0, 0.05) is 19.2 Å².